The monoisotopic (exact) mass is 286 g/mol. The minimum Gasteiger partial charge on any atom is -0.481 e. The molecule has 0 radical (unpaired) electrons. The van der Waals surface area contributed by atoms with Gasteiger partial charge in [-0.1, -0.05) is 0 Å². The maximum Gasteiger partial charge on any atom is 0.322 e. The third-order valence-electron chi connectivity index (χ3n) is 2.56. The number of carboxylic acid groups (broad SMARTS) is 1. The lowest BCUT2D eigenvalue weighted by molar-refractivity contribution is -0.137. The quantitative estimate of drug-likeness (QED) is 0.874. The van der Waals surface area contributed by atoms with Crippen LogP contribution in [0.4, 0.5) is 19.3 Å². The van der Waals surface area contributed by atoms with E-state index in [1.54, 1.807) is 13.8 Å². The van der Waals surface area contributed by atoms with Gasteiger partial charge >= 0.3 is 12.0 Å². The SMILES string of the molecule is CC(C)N(CCC(=O)O)C(=O)Nc1cc(F)cc(F)c1. The van der Waals surface area contributed by atoms with Crippen molar-refractivity contribution in [3.05, 3.63) is 29.8 Å². The van der Waals surface area contributed by atoms with Crippen molar-refractivity contribution in [3.63, 3.8) is 0 Å². The largest absolute Gasteiger partial charge is 0.481 e. The highest BCUT2D eigenvalue weighted by Gasteiger charge is 2.18. The Morgan fingerprint density at radius 1 is 1.25 bits per heavy atom. The Labute approximate surface area is 115 Å². The van der Waals surface area contributed by atoms with Crippen LogP contribution in [0.1, 0.15) is 20.3 Å². The topological polar surface area (TPSA) is 69.6 Å². The molecule has 2 amide bonds. The lowest BCUT2D eigenvalue weighted by atomic mass is 10.3. The third kappa shape index (κ3) is 4.83. The molecule has 0 aliphatic rings. The van der Waals surface area contributed by atoms with Crippen LogP contribution in [0.25, 0.3) is 0 Å². The van der Waals surface area contributed by atoms with Gasteiger partial charge in [0, 0.05) is 24.3 Å². The number of hydrogen-bond acceptors (Lipinski definition) is 2. The van der Waals surface area contributed by atoms with E-state index in [1.165, 1.54) is 4.90 Å². The Morgan fingerprint density at radius 2 is 1.80 bits per heavy atom. The van der Waals surface area contributed by atoms with Crippen molar-refractivity contribution in [2.45, 2.75) is 26.3 Å². The maximum absolute atomic E-state index is 13.0. The molecule has 0 aromatic heterocycles. The van der Waals surface area contributed by atoms with E-state index in [2.05, 4.69) is 5.32 Å². The van der Waals surface area contributed by atoms with Crippen LogP contribution < -0.4 is 5.32 Å². The number of carbonyl (C=O) groups excluding carboxylic acids is 1. The van der Waals surface area contributed by atoms with E-state index in [1.807, 2.05) is 0 Å². The van der Waals surface area contributed by atoms with Crippen molar-refractivity contribution in [2.75, 3.05) is 11.9 Å². The number of benzene rings is 1. The Balaban J connectivity index is 2.77. The molecule has 5 nitrogen and oxygen atoms in total. The Morgan fingerprint density at radius 3 is 2.25 bits per heavy atom. The molecule has 0 unspecified atom stereocenters. The molecular formula is C13H16F2N2O3. The molecule has 1 aromatic rings. The molecule has 0 fully saturated rings. The summed E-state index contributed by atoms with van der Waals surface area (Å²) in [5.41, 5.74) is -0.0199. The van der Waals surface area contributed by atoms with Crippen LogP contribution in [0.2, 0.25) is 0 Å². The van der Waals surface area contributed by atoms with E-state index in [4.69, 9.17) is 5.11 Å². The van der Waals surface area contributed by atoms with E-state index < -0.39 is 23.6 Å². The Kier molecular flexibility index (Phi) is 5.42. The molecule has 0 aliphatic carbocycles. The number of nitrogens with one attached hydrogen (secondary N) is 1. The molecule has 1 aromatic carbocycles. The van der Waals surface area contributed by atoms with E-state index in [0.29, 0.717) is 6.07 Å². The first-order valence-corrected chi connectivity index (χ1v) is 6.05. The summed E-state index contributed by atoms with van der Waals surface area (Å²) >= 11 is 0. The lowest BCUT2D eigenvalue weighted by Gasteiger charge is -2.26. The Bertz CT molecular complexity index is 486. The Hall–Kier alpha value is -2.18. The van der Waals surface area contributed by atoms with E-state index >= 15 is 0 Å². The third-order valence-corrected chi connectivity index (χ3v) is 2.56. The smallest absolute Gasteiger partial charge is 0.322 e. The highest BCUT2D eigenvalue weighted by Crippen LogP contribution is 2.14. The number of halogens is 2. The van der Waals surface area contributed by atoms with Gasteiger partial charge in [-0.25, -0.2) is 13.6 Å². The summed E-state index contributed by atoms with van der Waals surface area (Å²) in [4.78, 5) is 23.8. The van der Waals surface area contributed by atoms with Gasteiger partial charge in [0.15, 0.2) is 0 Å². The van der Waals surface area contributed by atoms with E-state index in [9.17, 15) is 18.4 Å². The van der Waals surface area contributed by atoms with E-state index in [0.717, 1.165) is 12.1 Å². The number of anilines is 1. The lowest BCUT2D eigenvalue weighted by Crippen LogP contribution is -2.41. The number of urea groups is 1. The van der Waals surface area contributed by atoms with Gasteiger partial charge in [-0.3, -0.25) is 4.79 Å². The summed E-state index contributed by atoms with van der Waals surface area (Å²) in [6, 6.07) is 1.81. The summed E-state index contributed by atoms with van der Waals surface area (Å²) in [6.45, 7) is 3.44. The van der Waals surface area contributed by atoms with Gasteiger partial charge in [0.05, 0.1) is 6.42 Å². The number of carbonyl (C=O) groups is 2. The summed E-state index contributed by atoms with van der Waals surface area (Å²) in [5, 5.41) is 11.0. The van der Waals surface area contributed by atoms with Gasteiger partial charge in [0.25, 0.3) is 0 Å². The van der Waals surface area contributed by atoms with Gasteiger partial charge in [0.2, 0.25) is 0 Å². The second-order valence-electron chi connectivity index (χ2n) is 4.52. The molecule has 0 spiro atoms. The van der Waals surface area contributed by atoms with Gasteiger partial charge < -0.3 is 15.3 Å². The van der Waals surface area contributed by atoms with Crippen LogP contribution in [0.15, 0.2) is 18.2 Å². The van der Waals surface area contributed by atoms with Crippen LogP contribution in [0.5, 0.6) is 0 Å². The second-order valence-corrected chi connectivity index (χ2v) is 4.52. The van der Waals surface area contributed by atoms with Gasteiger partial charge in [-0.05, 0) is 26.0 Å². The summed E-state index contributed by atoms with van der Waals surface area (Å²) < 4.78 is 26.0. The molecule has 1 rings (SSSR count). The maximum atomic E-state index is 13.0. The van der Waals surface area contributed by atoms with E-state index in [-0.39, 0.29) is 24.7 Å². The van der Waals surface area contributed by atoms with Crippen LogP contribution >= 0.6 is 0 Å². The minimum absolute atomic E-state index is 0.0105. The van der Waals surface area contributed by atoms with Crippen molar-refractivity contribution < 1.29 is 23.5 Å². The molecule has 0 bridgehead atoms. The molecule has 0 aliphatic heterocycles. The van der Waals surface area contributed by atoms with Crippen molar-refractivity contribution in [1.82, 2.24) is 4.90 Å². The molecule has 0 atom stereocenters. The van der Waals surface area contributed by atoms with Crippen molar-refractivity contribution in [3.8, 4) is 0 Å². The summed E-state index contributed by atoms with van der Waals surface area (Å²) in [5.74, 6) is -2.64. The zero-order valence-electron chi connectivity index (χ0n) is 11.2. The molecule has 7 heteroatoms. The van der Waals surface area contributed by atoms with Gasteiger partial charge in [-0.15, -0.1) is 0 Å². The first-order valence-electron chi connectivity index (χ1n) is 6.05. The average Bonchev–Trinajstić information content (AvgIpc) is 2.26. The number of nitrogens with zero attached hydrogens (tertiary/aromatic N) is 1. The molecule has 20 heavy (non-hydrogen) atoms. The number of rotatable bonds is 5. The average molecular weight is 286 g/mol. The highest BCUT2D eigenvalue weighted by atomic mass is 19.1. The first kappa shape index (κ1) is 15.9. The van der Waals surface area contributed by atoms with Crippen molar-refractivity contribution in [1.29, 1.82) is 0 Å². The normalized spacial score (nSPS) is 10.4. The zero-order valence-corrected chi connectivity index (χ0v) is 11.2. The van der Waals surface area contributed by atoms with Crippen LogP contribution in [0.3, 0.4) is 0 Å². The molecule has 110 valence electrons. The second kappa shape index (κ2) is 6.83. The minimum atomic E-state index is -1.03. The molecule has 0 saturated heterocycles. The standard InChI is InChI=1S/C13H16F2N2O3/c1-8(2)17(4-3-12(18)19)13(20)16-11-6-9(14)5-10(15)7-11/h5-8H,3-4H2,1-2H3,(H,16,20)(H,18,19). The van der Waals surface area contributed by atoms with Crippen LogP contribution in [-0.4, -0.2) is 34.6 Å². The first-order chi connectivity index (χ1) is 9.29. The molecule has 2 N–H and O–H groups in total. The number of hydrogen-bond donors (Lipinski definition) is 2. The molecule has 0 saturated carbocycles. The predicted molar refractivity (Wildman–Crippen MR) is 69.5 cm³/mol. The fraction of sp³-hybridized carbons (Fsp3) is 0.385. The number of aliphatic carboxylic acids is 1. The van der Waals surface area contributed by atoms with Gasteiger partial charge in [-0.2, -0.15) is 0 Å². The molecule has 0 heterocycles. The number of amides is 2. The predicted octanol–water partition coefficient (Wildman–Crippen LogP) is 2.68. The fourth-order valence-corrected chi connectivity index (χ4v) is 1.63. The van der Waals surface area contributed by atoms with Crippen LogP contribution in [-0.2, 0) is 4.79 Å². The van der Waals surface area contributed by atoms with Crippen LogP contribution in [0, 0.1) is 11.6 Å². The fourth-order valence-electron chi connectivity index (χ4n) is 1.63. The molecular weight excluding hydrogens is 270 g/mol. The summed E-state index contributed by atoms with van der Waals surface area (Å²) in [7, 11) is 0. The number of carboxylic acids is 1. The van der Waals surface area contributed by atoms with Crippen molar-refractivity contribution in [2.24, 2.45) is 0 Å². The van der Waals surface area contributed by atoms with Gasteiger partial charge in [0.1, 0.15) is 11.6 Å². The zero-order chi connectivity index (χ0) is 15.3. The highest BCUT2D eigenvalue weighted by molar-refractivity contribution is 5.89. The summed E-state index contributed by atoms with van der Waals surface area (Å²) in [6.07, 6.45) is -0.205. The van der Waals surface area contributed by atoms with Crippen molar-refractivity contribution >= 4 is 17.7 Å².